The quantitative estimate of drug-likeness (QED) is 0.791. The third kappa shape index (κ3) is 3.02. The van der Waals surface area contributed by atoms with Crippen molar-refractivity contribution in [1.29, 1.82) is 5.26 Å². The number of halogens is 1. The Kier molecular flexibility index (Phi) is 3.67. The Balaban J connectivity index is 2.22. The van der Waals surface area contributed by atoms with E-state index in [1.54, 1.807) is 18.2 Å². The van der Waals surface area contributed by atoms with Crippen molar-refractivity contribution < 1.29 is 9.18 Å². The summed E-state index contributed by atoms with van der Waals surface area (Å²) in [6, 6.07) is 11.1. The van der Waals surface area contributed by atoms with Crippen LogP contribution >= 0.6 is 0 Å². The van der Waals surface area contributed by atoms with Gasteiger partial charge in [-0.15, -0.1) is 0 Å². The molecule has 0 saturated heterocycles. The zero-order chi connectivity index (χ0) is 13.8. The highest BCUT2D eigenvalue weighted by Crippen LogP contribution is 2.12. The third-order valence-electron chi connectivity index (χ3n) is 2.69. The van der Waals surface area contributed by atoms with Gasteiger partial charge < -0.3 is 0 Å². The van der Waals surface area contributed by atoms with Gasteiger partial charge >= 0.3 is 0 Å². The molecule has 0 saturated carbocycles. The van der Waals surface area contributed by atoms with E-state index in [4.69, 9.17) is 5.26 Å². The van der Waals surface area contributed by atoms with E-state index in [1.807, 2.05) is 13.0 Å². The number of nitriles is 1. The van der Waals surface area contributed by atoms with E-state index in [2.05, 4.69) is 4.98 Å². The number of carbonyl (C=O) groups is 1. The molecule has 3 nitrogen and oxygen atoms in total. The standard InChI is InChI=1S/C15H11FN2O/c1-10-3-2-4-14(18-10)15(19)8-11-5-6-13(16)12(7-11)9-17/h2-7H,8H2,1H3. The van der Waals surface area contributed by atoms with Crippen molar-refractivity contribution in [3.63, 3.8) is 0 Å². The van der Waals surface area contributed by atoms with Crippen molar-refractivity contribution in [2.75, 3.05) is 0 Å². The molecule has 0 N–H and O–H groups in total. The Morgan fingerprint density at radius 1 is 1.37 bits per heavy atom. The molecule has 0 radical (unpaired) electrons. The number of carbonyl (C=O) groups excluding carboxylic acids is 1. The fourth-order valence-electron chi connectivity index (χ4n) is 1.74. The van der Waals surface area contributed by atoms with Crippen LogP contribution in [0, 0.1) is 24.1 Å². The molecule has 0 bridgehead atoms. The summed E-state index contributed by atoms with van der Waals surface area (Å²) in [7, 11) is 0. The fraction of sp³-hybridized carbons (Fsp3) is 0.133. The molecule has 1 heterocycles. The molecule has 0 spiro atoms. The molecular formula is C15H11FN2O. The van der Waals surface area contributed by atoms with Crippen LogP contribution in [-0.2, 0) is 6.42 Å². The first-order valence-electron chi connectivity index (χ1n) is 5.75. The molecule has 1 aromatic heterocycles. The molecule has 0 atom stereocenters. The molecule has 0 unspecified atom stereocenters. The summed E-state index contributed by atoms with van der Waals surface area (Å²) in [4.78, 5) is 16.2. The first kappa shape index (κ1) is 12.9. The van der Waals surface area contributed by atoms with E-state index >= 15 is 0 Å². The normalized spacial score (nSPS) is 9.95. The Labute approximate surface area is 110 Å². The summed E-state index contributed by atoms with van der Waals surface area (Å²) in [6.45, 7) is 1.81. The van der Waals surface area contributed by atoms with E-state index in [0.29, 0.717) is 11.3 Å². The molecule has 0 aliphatic rings. The number of benzene rings is 1. The largest absolute Gasteiger partial charge is 0.292 e. The molecule has 19 heavy (non-hydrogen) atoms. The number of aromatic nitrogens is 1. The highest BCUT2D eigenvalue weighted by Gasteiger charge is 2.10. The van der Waals surface area contributed by atoms with E-state index < -0.39 is 5.82 Å². The number of hydrogen-bond donors (Lipinski definition) is 0. The second-order valence-electron chi connectivity index (χ2n) is 4.19. The van der Waals surface area contributed by atoms with E-state index in [9.17, 15) is 9.18 Å². The van der Waals surface area contributed by atoms with Gasteiger partial charge in [-0.05, 0) is 36.8 Å². The lowest BCUT2D eigenvalue weighted by molar-refractivity contribution is 0.0988. The lowest BCUT2D eigenvalue weighted by Crippen LogP contribution is -2.07. The second kappa shape index (κ2) is 5.40. The number of pyridine rings is 1. The minimum atomic E-state index is -0.577. The highest BCUT2D eigenvalue weighted by atomic mass is 19.1. The van der Waals surface area contributed by atoms with Crippen molar-refractivity contribution in [2.45, 2.75) is 13.3 Å². The average Bonchev–Trinajstić information content (AvgIpc) is 2.41. The van der Waals surface area contributed by atoms with Gasteiger partial charge in [0.25, 0.3) is 0 Å². The van der Waals surface area contributed by atoms with Gasteiger partial charge in [0.05, 0.1) is 5.56 Å². The lowest BCUT2D eigenvalue weighted by atomic mass is 10.0. The maximum absolute atomic E-state index is 13.2. The van der Waals surface area contributed by atoms with Crippen LogP contribution in [-0.4, -0.2) is 10.8 Å². The van der Waals surface area contributed by atoms with Crippen LogP contribution in [0.2, 0.25) is 0 Å². The van der Waals surface area contributed by atoms with Crippen molar-refractivity contribution in [3.05, 3.63) is 64.7 Å². The van der Waals surface area contributed by atoms with Gasteiger partial charge in [-0.25, -0.2) is 4.39 Å². The van der Waals surface area contributed by atoms with Crippen LogP contribution in [0.5, 0.6) is 0 Å². The Hall–Kier alpha value is -2.54. The summed E-state index contributed by atoms with van der Waals surface area (Å²) in [5.41, 5.74) is 1.69. The Morgan fingerprint density at radius 3 is 2.84 bits per heavy atom. The van der Waals surface area contributed by atoms with Gasteiger partial charge in [0.1, 0.15) is 17.6 Å². The van der Waals surface area contributed by atoms with Gasteiger partial charge in [-0.3, -0.25) is 9.78 Å². The maximum Gasteiger partial charge on any atom is 0.185 e. The van der Waals surface area contributed by atoms with Gasteiger partial charge in [0, 0.05) is 12.1 Å². The van der Waals surface area contributed by atoms with Crippen molar-refractivity contribution in [3.8, 4) is 6.07 Å². The number of Topliss-reactive ketones (excluding diaryl/α,β-unsaturated/α-hetero) is 1. The molecule has 0 amide bonds. The molecule has 0 aliphatic carbocycles. The van der Waals surface area contributed by atoms with E-state index in [0.717, 1.165) is 5.69 Å². The SMILES string of the molecule is Cc1cccc(C(=O)Cc2ccc(F)c(C#N)c2)n1. The molecule has 2 aromatic rings. The van der Waals surface area contributed by atoms with Crippen LogP contribution in [0.3, 0.4) is 0 Å². The van der Waals surface area contributed by atoms with Gasteiger partial charge in [-0.1, -0.05) is 12.1 Å². The molecule has 0 fully saturated rings. The first-order valence-corrected chi connectivity index (χ1v) is 5.75. The van der Waals surface area contributed by atoms with Crippen LogP contribution in [0.4, 0.5) is 4.39 Å². The van der Waals surface area contributed by atoms with Gasteiger partial charge in [0.15, 0.2) is 5.78 Å². The first-order chi connectivity index (χ1) is 9.10. The van der Waals surface area contributed by atoms with E-state index in [1.165, 1.54) is 18.2 Å². The topological polar surface area (TPSA) is 53.8 Å². The van der Waals surface area contributed by atoms with Crippen LogP contribution in [0.1, 0.15) is 27.3 Å². The number of aryl methyl sites for hydroxylation is 1. The monoisotopic (exact) mass is 254 g/mol. The van der Waals surface area contributed by atoms with Crippen LogP contribution < -0.4 is 0 Å². The number of nitrogens with zero attached hydrogens (tertiary/aromatic N) is 2. The van der Waals surface area contributed by atoms with Crippen LogP contribution in [0.25, 0.3) is 0 Å². The van der Waals surface area contributed by atoms with Crippen molar-refractivity contribution in [2.24, 2.45) is 0 Å². The summed E-state index contributed by atoms with van der Waals surface area (Å²) < 4.78 is 13.2. The third-order valence-corrected chi connectivity index (χ3v) is 2.69. The molecule has 4 heteroatoms. The zero-order valence-corrected chi connectivity index (χ0v) is 10.4. The van der Waals surface area contributed by atoms with Gasteiger partial charge in [0.2, 0.25) is 0 Å². The smallest absolute Gasteiger partial charge is 0.185 e. The summed E-state index contributed by atoms with van der Waals surface area (Å²) >= 11 is 0. The fourth-order valence-corrected chi connectivity index (χ4v) is 1.74. The van der Waals surface area contributed by atoms with Crippen molar-refractivity contribution >= 4 is 5.78 Å². The molecule has 0 aliphatic heterocycles. The summed E-state index contributed by atoms with van der Waals surface area (Å²) in [5.74, 6) is -0.730. The molecular weight excluding hydrogens is 243 g/mol. The maximum atomic E-state index is 13.2. The molecule has 2 rings (SSSR count). The number of ketones is 1. The summed E-state index contributed by atoms with van der Waals surface area (Å²) in [5, 5.41) is 8.74. The average molecular weight is 254 g/mol. The van der Waals surface area contributed by atoms with Gasteiger partial charge in [-0.2, -0.15) is 5.26 Å². The Morgan fingerprint density at radius 2 is 2.16 bits per heavy atom. The highest BCUT2D eigenvalue weighted by molar-refractivity contribution is 5.95. The Bertz CT molecular complexity index is 674. The molecule has 94 valence electrons. The zero-order valence-electron chi connectivity index (χ0n) is 10.4. The van der Waals surface area contributed by atoms with Crippen LogP contribution in [0.15, 0.2) is 36.4 Å². The predicted octanol–water partition coefficient (Wildman–Crippen LogP) is 2.83. The second-order valence-corrected chi connectivity index (χ2v) is 4.19. The summed E-state index contributed by atoms with van der Waals surface area (Å²) in [6.07, 6.45) is 0.103. The molecule has 1 aromatic carbocycles. The minimum Gasteiger partial charge on any atom is -0.292 e. The predicted molar refractivity (Wildman–Crippen MR) is 68.1 cm³/mol. The number of rotatable bonds is 3. The van der Waals surface area contributed by atoms with E-state index in [-0.39, 0.29) is 17.8 Å². The minimum absolute atomic E-state index is 0.0532. The lowest BCUT2D eigenvalue weighted by Gasteiger charge is -2.03. The number of hydrogen-bond acceptors (Lipinski definition) is 3. The van der Waals surface area contributed by atoms with Crippen molar-refractivity contribution in [1.82, 2.24) is 4.98 Å².